The summed E-state index contributed by atoms with van der Waals surface area (Å²) in [6.07, 6.45) is 1.63. The van der Waals surface area contributed by atoms with Gasteiger partial charge in [-0.15, -0.1) is 0 Å². The molecule has 2 aromatic rings. The highest BCUT2D eigenvalue weighted by atomic mass is 16.5. The van der Waals surface area contributed by atoms with E-state index in [9.17, 15) is 4.79 Å². The van der Waals surface area contributed by atoms with Crippen LogP contribution in [0.5, 0.6) is 5.88 Å². The van der Waals surface area contributed by atoms with E-state index in [1.807, 2.05) is 19.9 Å². The highest BCUT2D eigenvalue weighted by Gasteiger charge is 2.16. The first-order valence-corrected chi connectivity index (χ1v) is 5.99. The summed E-state index contributed by atoms with van der Waals surface area (Å²) >= 11 is 0. The molecule has 0 aromatic carbocycles. The number of ether oxygens (including phenoxy) is 1. The fraction of sp³-hybridized carbons (Fsp3) is 0.214. The molecule has 0 atom stereocenters. The van der Waals surface area contributed by atoms with E-state index < -0.39 is 5.91 Å². The Balaban J connectivity index is 2.64. The van der Waals surface area contributed by atoms with Gasteiger partial charge in [-0.2, -0.15) is 0 Å². The number of hydrogen-bond acceptors (Lipinski definition) is 4. The monoisotopic (exact) mass is 257 g/mol. The van der Waals surface area contributed by atoms with Gasteiger partial charge in [0.15, 0.2) is 0 Å². The maximum absolute atomic E-state index is 11.5. The molecule has 5 nitrogen and oxygen atoms in total. The molecule has 2 rings (SSSR count). The van der Waals surface area contributed by atoms with E-state index in [4.69, 9.17) is 10.5 Å². The number of carbonyl (C=O) groups excluding carboxylic acids is 1. The van der Waals surface area contributed by atoms with Crippen LogP contribution < -0.4 is 10.5 Å². The van der Waals surface area contributed by atoms with Crippen molar-refractivity contribution in [3.63, 3.8) is 0 Å². The van der Waals surface area contributed by atoms with E-state index in [-0.39, 0.29) is 0 Å². The Kier molecular flexibility index (Phi) is 3.75. The Morgan fingerprint density at radius 2 is 2.16 bits per heavy atom. The van der Waals surface area contributed by atoms with Gasteiger partial charge in [-0.3, -0.25) is 9.78 Å². The van der Waals surface area contributed by atoms with Crippen molar-refractivity contribution < 1.29 is 9.53 Å². The fourth-order valence-corrected chi connectivity index (χ4v) is 1.78. The first-order chi connectivity index (χ1) is 9.13. The predicted octanol–water partition coefficient (Wildman–Crippen LogP) is 1.95. The van der Waals surface area contributed by atoms with Crippen LogP contribution in [0.4, 0.5) is 0 Å². The highest BCUT2D eigenvalue weighted by Crippen LogP contribution is 2.29. The molecule has 0 saturated carbocycles. The van der Waals surface area contributed by atoms with E-state index >= 15 is 0 Å². The normalized spacial score (nSPS) is 10.2. The second-order valence-electron chi connectivity index (χ2n) is 4.00. The van der Waals surface area contributed by atoms with Crippen LogP contribution in [-0.2, 0) is 0 Å². The van der Waals surface area contributed by atoms with Crippen molar-refractivity contribution >= 4 is 5.91 Å². The van der Waals surface area contributed by atoms with Crippen LogP contribution in [0.25, 0.3) is 11.3 Å². The number of carbonyl (C=O) groups is 1. The van der Waals surface area contributed by atoms with Crippen LogP contribution in [-0.4, -0.2) is 22.5 Å². The molecule has 2 aromatic heterocycles. The molecule has 98 valence electrons. The third-order valence-electron chi connectivity index (χ3n) is 2.61. The molecular weight excluding hydrogens is 242 g/mol. The van der Waals surface area contributed by atoms with E-state index in [0.717, 1.165) is 5.69 Å². The molecule has 0 saturated heterocycles. The van der Waals surface area contributed by atoms with Crippen LogP contribution in [0.15, 0.2) is 30.5 Å². The topological polar surface area (TPSA) is 78.1 Å². The molecule has 0 bridgehead atoms. The lowest BCUT2D eigenvalue weighted by Crippen LogP contribution is -2.14. The van der Waals surface area contributed by atoms with Gasteiger partial charge in [-0.05, 0) is 38.1 Å². The number of aryl methyl sites for hydroxylation is 1. The van der Waals surface area contributed by atoms with E-state index in [1.54, 1.807) is 24.4 Å². The van der Waals surface area contributed by atoms with Gasteiger partial charge in [0.25, 0.3) is 5.91 Å². The second kappa shape index (κ2) is 5.48. The lowest BCUT2D eigenvalue weighted by Gasteiger charge is -2.11. The number of hydrogen-bond donors (Lipinski definition) is 1. The van der Waals surface area contributed by atoms with Crippen LogP contribution in [0.1, 0.15) is 23.0 Å². The lowest BCUT2D eigenvalue weighted by atomic mass is 10.1. The zero-order chi connectivity index (χ0) is 13.8. The van der Waals surface area contributed by atoms with Gasteiger partial charge in [-0.1, -0.05) is 0 Å². The van der Waals surface area contributed by atoms with Crippen LogP contribution >= 0.6 is 0 Å². The van der Waals surface area contributed by atoms with Gasteiger partial charge >= 0.3 is 0 Å². The molecular formula is C14H15N3O2. The average molecular weight is 257 g/mol. The van der Waals surface area contributed by atoms with Crippen molar-refractivity contribution in [3.05, 3.63) is 41.7 Å². The summed E-state index contributed by atoms with van der Waals surface area (Å²) in [5.74, 6) is -0.0700. The summed E-state index contributed by atoms with van der Waals surface area (Å²) in [7, 11) is 0. The van der Waals surface area contributed by atoms with Crippen molar-refractivity contribution in [2.75, 3.05) is 6.61 Å². The number of amides is 1. The standard InChI is InChI=1S/C14H15N3O2/c1-3-19-14-11(5-4-8-16-14)12-10(13(15)18)7-6-9(2)17-12/h4-8H,3H2,1-2H3,(H2,15,18). The van der Waals surface area contributed by atoms with Crippen molar-refractivity contribution in [2.24, 2.45) is 5.73 Å². The molecule has 0 aliphatic carbocycles. The van der Waals surface area contributed by atoms with E-state index in [1.165, 1.54) is 0 Å². The third-order valence-corrected chi connectivity index (χ3v) is 2.61. The number of nitrogens with two attached hydrogens (primary N) is 1. The van der Waals surface area contributed by atoms with Gasteiger partial charge < -0.3 is 10.5 Å². The minimum Gasteiger partial charge on any atom is -0.477 e. The van der Waals surface area contributed by atoms with Crippen molar-refractivity contribution in [1.82, 2.24) is 9.97 Å². The van der Waals surface area contributed by atoms with Crippen LogP contribution in [0, 0.1) is 6.92 Å². The quantitative estimate of drug-likeness (QED) is 0.908. The van der Waals surface area contributed by atoms with Gasteiger partial charge in [0.1, 0.15) is 0 Å². The zero-order valence-electron chi connectivity index (χ0n) is 10.9. The Bertz CT molecular complexity index is 611. The van der Waals surface area contributed by atoms with Crippen LogP contribution in [0.2, 0.25) is 0 Å². The predicted molar refractivity (Wildman–Crippen MR) is 71.9 cm³/mol. The number of nitrogens with zero attached hydrogens (tertiary/aromatic N) is 2. The van der Waals surface area contributed by atoms with Crippen molar-refractivity contribution in [2.45, 2.75) is 13.8 Å². The second-order valence-corrected chi connectivity index (χ2v) is 4.00. The van der Waals surface area contributed by atoms with E-state index in [0.29, 0.717) is 29.3 Å². The Morgan fingerprint density at radius 3 is 2.84 bits per heavy atom. The highest BCUT2D eigenvalue weighted by molar-refractivity contribution is 5.99. The molecule has 19 heavy (non-hydrogen) atoms. The SMILES string of the molecule is CCOc1ncccc1-c1nc(C)ccc1C(N)=O. The van der Waals surface area contributed by atoms with Crippen molar-refractivity contribution in [1.29, 1.82) is 0 Å². The lowest BCUT2D eigenvalue weighted by molar-refractivity contribution is 0.100. The number of rotatable bonds is 4. The molecule has 5 heteroatoms. The molecule has 0 radical (unpaired) electrons. The largest absolute Gasteiger partial charge is 0.477 e. The minimum absolute atomic E-state index is 0.361. The fourth-order valence-electron chi connectivity index (χ4n) is 1.78. The Morgan fingerprint density at radius 1 is 1.37 bits per heavy atom. The summed E-state index contributed by atoms with van der Waals surface area (Å²) in [6.45, 7) is 4.21. The minimum atomic E-state index is -0.520. The van der Waals surface area contributed by atoms with E-state index in [2.05, 4.69) is 9.97 Å². The van der Waals surface area contributed by atoms with Gasteiger partial charge in [0.05, 0.1) is 23.4 Å². The summed E-state index contributed by atoms with van der Waals surface area (Å²) in [6, 6.07) is 7.00. The number of aromatic nitrogens is 2. The molecule has 0 unspecified atom stereocenters. The Hall–Kier alpha value is -2.43. The summed E-state index contributed by atoms with van der Waals surface area (Å²) in [5, 5.41) is 0. The maximum atomic E-state index is 11.5. The van der Waals surface area contributed by atoms with Crippen LogP contribution in [0.3, 0.4) is 0 Å². The summed E-state index contributed by atoms with van der Waals surface area (Å²) < 4.78 is 5.46. The zero-order valence-corrected chi connectivity index (χ0v) is 10.9. The molecule has 2 N–H and O–H groups in total. The smallest absolute Gasteiger partial charge is 0.250 e. The molecule has 0 fully saturated rings. The van der Waals surface area contributed by atoms with Crippen molar-refractivity contribution in [3.8, 4) is 17.1 Å². The third kappa shape index (κ3) is 2.70. The maximum Gasteiger partial charge on any atom is 0.250 e. The molecule has 2 heterocycles. The van der Waals surface area contributed by atoms with Gasteiger partial charge in [-0.25, -0.2) is 4.98 Å². The molecule has 0 spiro atoms. The molecule has 0 aliphatic heterocycles. The summed E-state index contributed by atoms with van der Waals surface area (Å²) in [4.78, 5) is 20.0. The first kappa shape index (κ1) is 13.0. The average Bonchev–Trinajstić information content (AvgIpc) is 2.39. The molecule has 0 aliphatic rings. The number of primary amides is 1. The molecule has 1 amide bonds. The summed E-state index contributed by atoms with van der Waals surface area (Å²) in [5.41, 5.74) is 7.72. The van der Waals surface area contributed by atoms with Gasteiger partial charge in [0, 0.05) is 11.9 Å². The first-order valence-electron chi connectivity index (χ1n) is 5.99. The Labute approximate surface area is 111 Å². The van der Waals surface area contributed by atoms with Gasteiger partial charge in [0.2, 0.25) is 5.88 Å². The number of pyridine rings is 2.